The molecular weight excluding hydrogens is 300 g/mol. The van der Waals surface area contributed by atoms with Crippen LogP contribution in [0.25, 0.3) is 10.2 Å². The Hall–Kier alpha value is -1.66. The van der Waals surface area contributed by atoms with E-state index in [9.17, 15) is 0 Å². The first-order valence-electron chi connectivity index (χ1n) is 6.81. The standard InChI is InChI=1S/C15H18N4S2/c1-15(2,11-5-4-7-20-11)9-17-12-10-6-8-21-13(10)19-14(16-3)18-12/h4-8H,9H2,1-3H3,(H2,16,17,18,19). The SMILES string of the molecule is CNc1nc(NCC(C)(C)c2cccs2)c2ccsc2n1. The van der Waals surface area contributed by atoms with Gasteiger partial charge in [-0.25, -0.2) is 4.98 Å². The lowest BCUT2D eigenvalue weighted by molar-refractivity contribution is 0.568. The molecule has 110 valence electrons. The van der Waals surface area contributed by atoms with Gasteiger partial charge in [0.15, 0.2) is 0 Å². The quantitative estimate of drug-likeness (QED) is 0.741. The number of hydrogen-bond donors (Lipinski definition) is 2. The highest BCUT2D eigenvalue weighted by atomic mass is 32.1. The maximum absolute atomic E-state index is 4.55. The summed E-state index contributed by atoms with van der Waals surface area (Å²) >= 11 is 3.43. The summed E-state index contributed by atoms with van der Waals surface area (Å²) in [6, 6.07) is 6.36. The van der Waals surface area contributed by atoms with E-state index in [1.54, 1.807) is 22.7 Å². The third-order valence-corrected chi connectivity index (χ3v) is 5.48. The van der Waals surface area contributed by atoms with Gasteiger partial charge in [-0.1, -0.05) is 19.9 Å². The van der Waals surface area contributed by atoms with Crippen LogP contribution in [0.2, 0.25) is 0 Å². The van der Waals surface area contributed by atoms with E-state index in [1.165, 1.54) is 4.88 Å². The number of rotatable bonds is 5. The first kappa shape index (κ1) is 14.3. The van der Waals surface area contributed by atoms with Crippen molar-refractivity contribution in [2.45, 2.75) is 19.3 Å². The Bertz CT molecular complexity index is 731. The van der Waals surface area contributed by atoms with E-state index < -0.39 is 0 Å². The Morgan fingerprint density at radius 2 is 2.00 bits per heavy atom. The van der Waals surface area contributed by atoms with E-state index in [0.29, 0.717) is 5.95 Å². The summed E-state index contributed by atoms with van der Waals surface area (Å²) in [5.74, 6) is 1.55. The molecule has 0 aromatic carbocycles. The van der Waals surface area contributed by atoms with Crippen LogP contribution < -0.4 is 10.6 Å². The summed E-state index contributed by atoms with van der Waals surface area (Å²) in [5, 5.41) is 11.8. The zero-order valence-electron chi connectivity index (χ0n) is 12.3. The summed E-state index contributed by atoms with van der Waals surface area (Å²) in [4.78, 5) is 11.4. The summed E-state index contributed by atoms with van der Waals surface area (Å²) in [6.45, 7) is 5.33. The zero-order chi connectivity index (χ0) is 14.9. The van der Waals surface area contributed by atoms with E-state index in [-0.39, 0.29) is 5.41 Å². The molecule has 0 spiro atoms. The second-order valence-corrected chi connectivity index (χ2v) is 7.34. The van der Waals surface area contributed by atoms with Gasteiger partial charge in [-0.15, -0.1) is 22.7 Å². The highest BCUT2D eigenvalue weighted by Crippen LogP contribution is 2.30. The second-order valence-electron chi connectivity index (χ2n) is 5.50. The van der Waals surface area contributed by atoms with Crippen molar-refractivity contribution in [3.63, 3.8) is 0 Å². The molecule has 21 heavy (non-hydrogen) atoms. The van der Waals surface area contributed by atoms with Crippen LogP contribution in [0.15, 0.2) is 29.0 Å². The first-order valence-corrected chi connectivity index (χ1v) is 8.57. The zero-order valence-corrected chi connectivity index (χ0v) is 13.9. The normalized spacial score (nSPS) is 11.8. The average Bonchev–Trinajstić information content (AvgIpc) is 3.15. The fourth-order valence-electron chi connectivity index (χ4n) is 2.16. The minimum Gasteiger partial charge on any atom is -0.368 e. The van der Waals surface area contributed by atoms with Gasteiger partial charge in [-0.2, -0.15) is 4.98 Å². The highest BCUT2D eigenvalue weighted by Gasteiger charge is 2.22. The molecule has 0 amide bonds. The van der Waals surface area contributed by atoms with Crippen molar-refractivity contribution in [2.75, 3.05) is 24.2 Å². The van der Waals surface area contributed by atoms with Crippen molar-refractivity contribution in [3.05, 3.63) is 33.8 Å². The smallest absolute Gasteiger partial charge is 0.225 e. The van der Waals surface area contributed by atoms with Crippen molar-refractivity contribution >= 4 is 44.7 Å². The molecule has 0 aliphatic carbocycles. The average molecular weight is 318 g/mol. The predicted molar refractivity (Wildman–Crippen MR) is 92.8 cm³/mol. The summed E-state index contributed by atoms with van der Waals surface area (Å²) in [6.07, 6.45) is 0. The molecule has 0 bridgehead atoms. The van der Waals surface area contributed by atoms with Gasteiger partial charge in [-0.05, 0) is 22.9 Å². The summed E-state index contributed by atoms with van der Waals surface area (Å²) in [7, 11) is 1.84. The van der Waals surface area contributed by atoms with Crippen LogP contribution in [0.5, 0.6) is 0 Å². The number of aromatic nitrogens is 2. The number of nitrogens with zero attached hydrogens (tertiary/aromatic N) is 2. The van der Waals surface area contributed by atoms with Crippen LogP contribution in [0, 0.1) is 0 Å². The third kappa shape index (κ3) is 2.87. The molecule has 0 unspecified atom stereocenters. The minimum absolute atomic E-state index is 0.0707. The molecule has 2 N–H and O–H groups in total. The molecule has 0 aliphatic rings. The number of thiophene rings is 2. The molecule has 3 heterocycles. The monoisotopic (exact) mass is 318 g/mol. The van der Waals surface area contributed by atoms with Crippen LogP contribution in [-0.2, 0) is 5.41 Å². The third-order valence-electron chi connectivity index (χ3n) is 3.43. The number of hydrogen-bond acceptors (Lipinski definition) is 6. The van der Waals surface area contributed by atoms with Gasteiger partial charge in [0.05, 0.1) is 5.39 Å². The number of nitrogens with one attached hydrogen (secondary N) is 2. The molecule has 4 nitrogen and oxygen atoms in total. The minimum atomic E-state index is 0.0707. The molecule has 3 aromatic rings. The van der Waals surface area contributed by atoms with E-state index in [1.807, 2.05) is 12.4 Å². The molecule has 0 saturated heterocycles. The van der Waals surface area contributed by atoms with Crippen LogP contribution in [0.1, 0.15) is 18.7 Å². The van der Waals surface area contributed by atoms with Crippen LogP contribution in [-0.4, -0.2) is 23.6 Å². The van der Waals surface area contributed by atoms with Gasteiger partial charge in [-0.3, -0.25) is 0 Å². The molecular formula is C15H18N4S2. The molecule has 0 radical (unpaired) electrons. The van der Waals surface area contributed by atoms with E-state index in [2.05, 4.69) is 58.0 Å². The van der Waals surface area contributed by atoms with Crippen molar-refractivity contribution in [3.8, 4) is 0 Å². The molecule has 0 saturated carbocycles. The van der Waals surface area contributed by atoms with Crippen LogP contribution in [0.4, 0.5) is 11.8 Å². The Morgan fingerprint density at radius 1 is 1.14 bits per heavy atom. The Kier molecular flexibility index (Phi) is 3.82. The number of anilines is 2. The fraction of sp³-hybridized carbons (Fsp3) is 0.333. The summed E-state index contributed by atoms with van der Waals surface area (Å²) < 4.78 is 0. The molecule has 6 heteroatoms. The van der Waals surface area contributed by atoms with Crippen LogP contribution >= 0.6 is 22.7 Å². The van der Waals surface area contributed by atoms with Gasteiger partial charge >= 0.3 is 0 Å². The lowest BCUT2D eigenvalue weighted by Crippen LogP contribution is -2.27. The van der Waals surface area contributed by atoms with Crippen molar-refractivity contribution in [2.24, 2.45) is 0 Å². The van der Waals surface area contributed by atoms with Gasteiger partial charge in [0, 0.05) is 23.9 Å². The lowest BCUT2D eigenvalue weighted by Gasteiger charge is -2.24. The van der Waals surface area contributed by atoms with E-state index in [0.717, 1.165) is 22.6 Å². The fourth-order valence-corrected chi connectivity index (χ4v) is 3.77. The molecule has 3 aromatic heterocycles. The van der Waals surface area contributed by atoms with Crippen LogP contribution in [0.3, 0.4) is 0 Å². The lowest BCUT2D eigenvalue weighted by atomic mass is 9.91. The van der Waals surface area contributed by atoms with Crippen molar-refractivity contribution in [1.82, 2.24) is 9.97 Å². The van der Waals surface area contributed by atoms with Crippen molar-refractivity contribution < 1.29 is 0 Å². The first-order chi connectivity index (χ1) is 10.1. The largest absolute Gasteiger partial charge is 0.368 e. The van der Waals surface area contributed by atoms with Gasteiger partial charge in [0.25, 0.3) is 0 Å². The van der Waals surface area contributed by atoms with E-state index in [4.69, 9.17) is 0 Å². The Morgan fingerprint density at radius 3 is 2.71 bits per heavy atom. The second kappa shape index (κ2) is 5.61. The van der Waals surface area contributed by atoms with Gasteiger partial charge < -0.3 is 10.6 Å². The molecule has 0 atom stereocenters. The maximum Gasteiger partial charge on any atom is 0.225 e. The Labute approximate surface area is 132 Å². The van der Waals surface area contributed by atoms with E-state index >= 15 is 0 Å². The predicted octanol–water partition coefficient (Wildman–Crippen LogP) is 4.18. The van der Waals surface area contributed by atoms with Crippen molar-refractivity contribution in [1.29, 1.82) is 0 Å². The number of fused-ring (bicyclic) bond motifs is 1. The summed E-state index contributed by atoms with van der Waals surface area (Å²) in [5.41, 5.74) is 0.0707. The topological polar surface area (TPSA) is 49.8 Å². The van der Waals surface area contributed by atoms with Gasteiger partial charge in [0.2, 0.25) is 5.95 Å². The van der Waals surface area contributed by atoms with Gasteiger partial charge in [0.1, 0.15) is 10.6 Å². The Balaban J connectivity index is 1.86. The highest BCUT2D eigenvalue weighted by molar-refractivity contribution is 7.16. The molecule has 0 aliphatic heterocycles. The maximum atomic E-state index is 4.55. The molecule has 3 rings (SSSR count). The molecule has 0 fully saturated rings.